The number of fused-ring (bicyclic) bond motifs is 1. The van der Waals surface area contributed by atoms with E-state index in [4.69, 9.17) is 9.72 Å². The third-order valence-corrected chi connectivity index (χ3v) is 4.79. The second-order valence-electron chi connectivity index (χ2n) is 7.18. The van der Waals surface area contributed by atoms with Crippen molar-refractivity contribution in [3.63, 3.8) is 0 Å². The van der Waals surface area contributed by atoms with Gasteiger partial charge in [-0.2, -0.15) is 0 Å². The summed E-state index contributed by atoms with van der Waals surface area (Å²) in [5, 5.41) is 3.87. The molecule has 28 heavy (non-hydrogen) atoms. The van der Waals surface area contributed by atoms with Gasteiger partial charge < -0.3 is 15.0 Å². The minimum atomic E-state index is -0.159. The van der Waals surface area contributed by atoms with E-state index in [-0.39, 0.29) is 5.91 Å². The van der Waals surface area contributed by atoms with E-state index in [1.54, 1.807) is 0 Å². The average molecular weight is 373 g/mol. The normalized spacial score (nSPS) is 13.2. The number of anilines is 2. The Labute approximate surface area is 164 Å². The molecule has 0 radical (unpaired) electrons. The minimum absolute atomic E-state index is 0.159. The summed E-state index contributed by atoms with van der Waals surface area (Å²) in [4.78, 5) is 19.9. The molecule has 0 atom stereocenters. The van der Waals surface area contributed by atoms with Crippen LogP contribution in [0.5, 0.6) is 0 Å². The summed E-state index contributed by atoms with van der Waals surface area (Å²) < 4.78 is 5.67. The zero-order chi connectivity index (χ0) is 19.7. The molecule has 5 heteroatoms. The summed E-state index contributed by atoms with van der Waals surface area (Å²) in [6.45, 7) is 2.67. The number of rotatable bonds is 4. The molecule has 1 aliphatic rings. The molecule has 1 aliphatic heterocycles. The molecule has 5 nitrogen and oxygen atoms in total. The number of carbonyl (C=O) groups is 1. The lowest BCUT2D eigenvalue weighted by atomic mass is 10.0. The highest BCUT2D eigenvalue weighted by atomic mass is 16.5. The highest BCUT2D eigenvalue weighted by Crippen LogP contribution is 2.27. The lowest BCUT2D eigenvalue weighted by Gasteiger charge is -2.15. The summed E-state index contributed by atoms with van der Waals surface area (Å²) in [7, 11) is 3.95. The van der Waals surface area contributed by atoms with Gasteiger partial charge in [0.2, 0.25) is 0 Å². The van der Waals surface area contributed by atoms with Gasteiger partial charge in [0.25, 0.3) is 5.91 Å². The van der Waals surface area contributed by atoms with E-state index >= 15 is 0 Å². The first-order valence-electron chi connectivity index (χ1n) is 9.35. The predicted molar refractivity (Wildman–Crippen MR) is 114 cm³/mol. The van der Waals surface area contributed by atoms with Crippen molar-refractivity contribution in [1.82, 2.24) is 4.98 Å². The Kier molecular flexibility index (Phi) is 4.74. The number of carbonyl (C=O) groups excluding carboxylic acids is 1. The first kappa shape index (κ1) is 18.0. The molecule has 0 saturated carbocycles. The molecule has 3 aromatic rings. The van der Waals surface area contributed by atoms with Crippen LogP contribution in [-0.2, 0) is 4.74 Å². The van der Waals surface area contributed by atoms with Crippen LogP contribution >= 0.6 is 0 Å². The Morgan fingerprint density at radius 3 is 2.75 bits per heavy atom. The smallest absolute Gasteiger partial charge is 0.256 e. The van der Waals surface area contributed by atoms with Gasteiger partial charge in [-0.3, -0.25) is 4.79 Å². The van der Waals surface area contributed by atoms with Crippen molar-refractivity contribution in [2.24, 2.45) is 0 Å². The summed E-state index contributed by atoms with van der Waals surface area (Å²) in [6.07, 6.45) is 2.88. The van der Waals surface area contributed by atoms with Gasteiger partial charge in [0.15, 0.2) is 0 Å². The molecule has 1 aromatic heterocycles. The zero-order valence-corrected chi connectivity index (χ0v) is 16.3. The van der Waals surface area contributed by atoms with Crippen molar-refractivity contribution >= 4 is 33.9 Å². The molecule has 142 valence electrons. The van der Waals surface area contributed by atoms with Crippen LogP contribution in [0.4, 0.5) is 11.4 Å². The van der Waals surface area contributed by atoms with Gasteiger partial charge in [0, 0.05) is 37.3 Å². The second-order valence-corrected chi connectivity index (χ2v) is 7.18. The lowest BCUT2D eigenvalue weighted by Crippen LogP contribution is -2.14. The molecule has 4 rings (SSSR count). The standard InChI is InChI=1S/C23H23N3O2/c1-15-9-10-20-18(12-15)19(14-21(25-20)22-8-5-11-28-22)23(27)24-16-6-4-7-17(13-16)26(2)3/h4,6-10,12-14H,5,11H2,1-3H3,(H,24,27). The largest absolute Gasteiger partial charge is 0.491 e. The average Bonchev–Trinajstić information content (AvgIpc) is 3.22. The van der Waals surface area contributed by atoms with Crippen LogP contribution in [0, 0.1) is 6.92 Å². The number of hydrogen-bond donors (Lipinski definition) is 1. The molecule has 1 N–H and O–H groups in total. The van der Waals surface area contributed by atoms with Crippen LogP contribution in [0.3, 0.4) is 0 Å². The fourth-order valence-electron chi connectivity index (χ4n) is 3.31. The number of nitrogens with zero attached hydrogens (tertiary/aromatic N) is 2. The number of aromatic nitrogens is 1. The first-order valence-corrected chi connectivity index (χ1v) is 9.35. The number of amides is 1. The van der Waals surface area contributed by atoms with Gasteiger partial charge in [0.05, 0.1) is 17.7 Å². The Bertz CT molecular complexity index is 1090. The molecule has 1 amide bonds. The van der Waals surface area contributed by atoms with Crippen LogP contribution < -0.4 is 10.2 Å². The van der Waals surface area contributed by atoms with Crippen molar-refractivity contribution in [1.29, 1.82) is 0 Å². The highest BCUT2D eigenvalue weighted by Gasteiger charge is 2.18. The predicted octanol–water partition coefficient (Wildman–Crippen LogP) is 4.62. The summed E-state index contributed by atoms with van der Waals surface area (Å²) >= 11 is 0. The number of benzene rings is 2. The van der Waals surface area contributed by atoms with Crippen molar-refractivity contribution < 1.29 is 9.53 Å². The van der Waals surface area contributed by atoms with Crippen LogP contribution in [0.1, 0.15) is 28.0 Å². The van der Waals surface area contributed by atoms with Crippen molar-refractivity contribution in [2.75, 3.05) is 30.9 Å². The van der Waals surface area contributed by atoms with E-state index in [0.717, 1.165) is 40.0 Å². The topological polar surface area (TPSA) is 54.5 Å². The van der Waals surface area contributed by atoms with Gasteiger partial charge in [-0.15, -0.1) is 0 Å². The first-order chi connectivity index (χ1) is 13.5. The van der Waals surface area contributed by atoms with Gasteiger partial charge in [-0.1, -0.05) is 17.7 Å². The Hall–Kier alpha value is -3.34. The summed E-state index contributed by atoms with van der Waals surface area (Å²) in [6, 6.07) is 15.6. The Morgan fingerprint density at radius 1 is 1.14 bits per heavy atom. The molecule has 2 heterocycles. The monoisotopic (exact) mass is 373 g/mol. The van der Waals surface area contributed by atoms with E-state index in [9.17, 15) is 4.79 Å². The SMILES string of the molecule is Cc1ccc2nc(C3=CCCO3)cc(C(=O)Nc3cccc(N(C)C)c3)c2c1. The van der Waals surface area contributed by atoms with Gasteiger partial charge in [-0.05, 0) is 49.4 Å². The number of aryl methyl sites for hydroxylation is 1. The Morgan fingerprint density at radius 2 is 2.00 bits per heavy atom. The van der Waals surface area contributed by atoms with Gasteiger partial charge >= 0.3 is 0 Å². The van der Waals surface area contributed by atoms with Crippen LogP contribution in [0.25, 0.3) is 16.7 Å². The molecule has 2 aromatic carbocycles. The molecular formula is C23H23N3O2. The maximum atomic E-state index is 13.2. The number of hydrogen-bond acceptors (Lipinski definition) is 4. The van der Waals surface area contributed by atoms with Crippen molar-refractivity contribution in [3.8, 4) is 0 Å². The van der Waals surface area contributed by atoms with E-state index < -0.39 is 0 Å². The van der Waals surface area contributed by atoms with Gasteiger partial charge in [-0.25, -0.2) is 4.98 Å². The van der Waals surface area contributed by atoms with E-state index in [0.29, 0.717) is 17.9 Å². The molecule has 0 unspecified atom stereocenters. The fraction of sp³-hybridized carbons (Fsp3) is 0.217. The maximum Gasteiger partial charge on any atom is 0.256 e. The van der Waals surface area contributed by atoms with Crippen LogP contribution in [0.2, 0.25) is 0 Å². The molecule has 0 saturated heterocycles. The third-order valence-electron chi connectivity index (χ3n) is 4.79. The third kappa shape index (κ3) is 3.56. The van der Waals surface area contributed by atoms with E-state index in [1.807, 2.05) is 80.5 Å². The molecule has 0 spiro atoms. The van der Waals surface area contributed by atoms with Gasteiger partial charge in [0.1, 0.15) is 11.5 Å². The lowest BCUT2D eigenvalue weighted by molar-refractivity contribution is 0.102. The number of pyridine rings is 1. The van der Waals surface area contributed by atoms with Crippen LogP contribution in [0.15, 0.2) is 54.6 Å². The number of ether oxygens (including phenoxy) is 1. The minimum Gasteiger partial charge on any atom is -0.491 e. The summed E-state index contributed by atoms with van der Waals surface area (Å²) in [5.74, 6) is 0.583. The highest BCUT2D eigenvalue weighted by molar-refractivity contribution is 6.13. The second kappa shape index (κ2) is 7.35. The molecule has 0 bridgehead atoms. The molecule has 0 fully saturated rings. The fourth-order valence-corrected chi connectivity index (χ4v) is 3.31. The van der Waals surface area contributed by atoms with E-state index in [1.165, 1.54) is 0 Å². The molecular weight excluding hydrogens is 350 g/mol. The number of nitrogens with one attached hydrogen (secondary N) is 1. The molecule has 0 aliphatic carbocycles. The van der Waals surface area contributed by atoms with E-state index in [2.05, 4.69) is 5.32 Å². The zero-order valence-electron chi connectivity index (χ0n) is 16.3. The quantitative estimate of drug-likeness (QED) is 0.725. The Balaban J connectivity index is 1.76. The van der Waals surface area contributed by atoms with Crippen molar-refractivity contribution in [3.05, 3.63) is 71.4 Å². The summed E-state index contributed by atoms with van der Waals surface area (Å²) in [5.41, 5.74) is 4.94. The van der Waals surface area contributed by atoms with Crippen LogP contribution in [-0.4, -0.2) is 31.6 Å². The maximum absolute atomic E-state index is 13.2. The van der Waals surface area contributed by atoms with Crippen molar-refractivity contribution in [2.45, 2.75) is 13.3 Å².